The molecule has 2 N–H and O–H groups in total. The molecule has 0 aliphatic heterocycles. The van der Waals surface area contributed by atoms with E-state index in [9.17, 15) is 0 Å². The molecule has 1 atom stereocenters. The van der Waals surface area contributed by atoms with Gasteiger partial charge >= 0.3 is 0 Å². The summed E-state index contributed by atoms with van der Waals surface area (Å²) in [5.41, 5.74) is 8.37. The van der Waals surface area contributed by atoms with Gasteiger partial charge in [0.15, 0.2) is 5.75 Å². The van der Waals surface area contributed by atoms with Crippen LogP contribution in [0.15, 0.2) is 21.4 Å². The van der Waals surface area contributed by atoms with Crippen LogP contribution < -0.4 is 10.5 Å². The number of likely N-dealkylation sites (N-methyl/N-ethyl adjacent to an activating group) is 1. The maximum atomic E-state index is 6.39. The van der Waals surface area contributed by atoms with Gasteiger partial charge in [-0.2, -0.15) is 5.10 Å². The zero-order valence-corrected chi connectivity index (χ0v) is 14.2. The van der Waals surface area contributed by atoms with Gasteiger partial charge in [0.2, 0.25) is 0 Å². The van der Waals surface area contributed by atoms with Gasteiger partial charge in [-0.15, -0.1) is 11.3 Å². The minimum Gasteiger partial charge on any atom is -0.493 e. The number of hydrogen-bond acceptors (Lipinski definition) is 5. The summed E-state index contributed by atoms with van der Waals surface area (Å²) in [7, 11) is 5.72. The Morgan fingerprint density at radius 3 is 2.85 bits per heavy atom. The van der Waals surface area contributed by atoms with Crippen LogP contribution in [0.3, 0.4) is 0 Å². The maximum Gasteiger partial charge on any atom is 0.161 e. The Morgan fingerprint density at radius 2 is 2.30 bits per heavy atom. The normalized spacial score (nSPS) is 12.9. The van der Waals surface area contributed by atoms with E-state index in [0.29, 0.717) is 0 Å². The highest BCUT2D eigenvalue weighted by atomic mass is 79.9. The molecule has 2 heterocycles. The molecule has 0 saturated heterocycles. The number of aromatic nitrogens is 2. The number of halogens is 1. The molecule has 1 unspecified atom stereocenters. The molecule has 0 fully saturated rings. The van der Waals surface area contributed by atoms with Gasteiger partial charge in [0, 0.05) is 6.54 Å². The average Bonchev–Trinajstić information content (AvgIpc) is 3.01. The molecule has 0 amide bonds. The molecule has 0 radical (unpaired) electrons. The summed E-state index contributed by atoms with van der Waals surface area (Å²) in [5, 5.41) is 6.44. The van der Waals surface area contributed by atoms with Gasteiger partial charge in [-0.1, -0.05) is 0 Å². The summed E-state index contributed by atoms with van der Waals surface area (Å²) in [6, 6.07) is 1.80. The van der Waals surface area contributed by atoms with Crippen molar-refractivity contribution in [3.8, 4) is 5.75 Å². The van der Waals surface area contributed by atoms with E-state index in [1.165, 1.54) is 0 Å². The number of nitrogens with zero attached hydrogens (tertiary/aromatic N) is 3. The molecule has 5 nitrogen and oxygen atoms in total. The van der Waals surface area contributed by atoms with E-state index in [1.807, 2.05) is 24.8 Å². The van der Waals surface area contributed by atoms with Crippen LogP contribution in [-0.2, 0) is 6.54 Å². The van der Waals surface area contributed by atoms with Crippen LogP contribution in [-0.4, -0.2) is 42.4 Å². The Morgan fingerprint density at radius 1 is 1.55 bits per heavy atom. The van der Waals surface area contributed by atoms with Gasteiger partial charge in [-0.25, -0.2) is 0 Å². The lowest BCUT2D eigenvalue weighted by Crippen LogP contribution is -2.23. The molecule has 110 valence electrons. The first-order chi connectivity index (χ1) is 9.52. The lowest BCUT2D eigenvalue weighted by molar-refractivity contribution is 0.363. The summed E-state index contributed by atoms with van der Waals surface area (Å²) in [6.07, 6.45) is 1.73. The second-order valence-corrected chi connectivity index (χ2v) is 7.08. The fourth-order valence-corrected chi connectivity index (χ4v) is 3.18. The van der Waals surface area contributed by atoms with E-state index in [0.717, 1.165) is 33.9 Å². The lowest BCUT2D eigenvalue weighted by atomic mass is 10.1. The van der Waals surface area contributed by atoms with E-state index in [2.05, 4.69) is 31.3 Å². The Balaban J connectivity index is 2.30. The fraction of sp³-hybridized carbons (Fsp3) is 0.462. The Hall–Kier alpha value is -0.890. The molecular weight excluding hydrogens is 340 g/mol. The molecule has 0 spiro atoms. The van der Waals surface area contributed by atoms with Gasteiger partial charge in [0.25, 0.3) is 0 Å². The smallest absolute Gasteiger partial charge is 0.161 e. The summed E-state index contributed by atoms with van der Waals surface area (Å²) in [5.74, 6) is 0.735. The summed E-state index contributed by atoms with van der Waals surface area (Å²) >= 11 is 5.10. The van der Waals surface area contributed by atoms with Crippen molar-refractivity contribution < 1.29 is 4.74 Å². The van der Waals surface area contributed by atoms with Crippen molar-refractivity contribution in [2.45, 2.75) is 12.6 Å². The van der Waals surface area contributed by atoms with Crippen LogP contribution in [0.25, 0.3) is 0 Å². The van der Waals surface area contributed by atoms with Crippen molar-refractivity contribution in [1.82, 2.24) is 14.7 Å². The fourth-order valence-electron chi connectivity index (χ4n) is 1.97. The third-order valence-corrected chi connectivity index (χ3v) is 4.59. The first kappa shape index (κ1) is 15.5. The maximum absolute atomic E-state index is 6.39. The second kappa shape index (κ2) is 6.71. The van der Waals surface area contributed by atoms with Crippen molar-refractivity contribution in [2.75, 3.05) is 27.7 Å². The summed E-state index contributed by atoms with van der Waals surface area (Å²) in [4.78, 5) is 2.12. The van der Waals surface area contributed by atoms with E-state index in [4.69, 9.17) is 10.5 Å². The van der Waals surface area contributed by atoms with Gasteiger partial charge in [0.1, 0.15) is 5.69 Å². The SMILES string of the molecule is COc1cnn(CCN(C)C)c1C(N)c1csc(Br)c1. The molecule has 2 aromatic rings. The Labute approximate surface area is 131 Å². The zero-order chi connectivity index (χ0) is 14.7. The quantitative estimate of drug-likeness (QED) is 0.860. The van der Waals surface area contributed by atoms with Gasteiger partial charge < -0.3 is 15.4 Å². The highest BCUT2D eigenvalue weighted by Crippen LogP contribution is 2.32. The number of hydrogen-bond donors (Lipinski definition) is 1. The molecule has 2 aromatic heterocycles. The molecule has 0 saturated carbocycles. The Kier molecular flexibility index (Phi) is 5.20. The minimum atomic E-state index is -0.239. The standard InChI is InChI=1S/C13H19BrN4OS/c1-17(2)4-5-18-13(10(19-3)7-16-18)12(15)9-6-11(14)20-8-9/h6-8,12H,4-5,15H2,1-3H3. The molecule has 2 rings (SSSR count). The first-order valence-electron chi connectivity index (χ1n) is 6.27. The largest absolute Gasteiger partial charge is 0.493 e. The van der Waals surface area contributed by atoms with Crippen LogP contribution in [0.5, 0.6) is 5.75 Å². The highest BCUT2D eigenvalue weighted by Gasteiger charge is 2.21. The molecule has 0 aromatic carbocycles. The van der Waals surface area contributed by atoms with Crippen molar-refractivity contribution >= 4 is 27.3 Å². The molecular formula is C13H19BrN4OS. The summed E-state index contributed by atoms with van der Waals surface area (Å²) < 4.78 is 8.39. The van der Waals surface area contributed by atoms with Gasteiger partial charge in [0.05, 0.1) is 29.7 Å². The number of nitrogens with two attached hydrogens (primary N) is 1. The van der Waals surface area contributed by atoms with E-state index >= 15 is 0 Å². The van der Waals surface area contributed by atoms with Crippen LogP contribution in [0.2, 0.25) is 0 Å². The predicted octanol–water partition coefficient (Wildman–Crippen LogP) is 2.33. The number of ether oxygens (including phenoxy) is 1. The first-order valence-corrected chi connectivity index (χ1v) is 7.94. The molecule has 0 bridgehead atoms. The van der Waals surface area contributed by atoms with Crippen molar-refractivity contribution in [2.24, 2.45) is 5.73 Å². The van der Waals surface area contributed by atoms with Crippen LogP contribution in [0, 0.1) is 0 Å². The van der Waals surface area contributed by atoms with Gasteiger partial charge in [-0.3, -0.25) is 4.68 Å². The number of thiophene rings is 1. The van der Waals surface area contributed by atoms with Crippen LogP contribution in [0.4, 0.5) is 0 Å². The van der Waals surface area contributed by atoms with Gasteiger partial charge in [-0.05, 0) is 47.0 Å². The van der Waals surface area contributed by atoms with E-state index in [-0.39, 0.29) is 6.04 Å². The third kappa shape index (κ3) is 3.41. The molecule has 0 aliphatic rings. The molecule has 7 heteroatoms. The monoisotopic (exact) mass is 358 g/mol. The Bertz CT molecular complexity index is 566. The van der Waals surface area contributed by atoms with E-state index in [1.54, 1.807) is 24.6 Å². The van der Waals surface area contributed by atoms with Crippen LogP contribution in [0.1, 0.15) is 17.3 Å². The highest BCUT2D eigenvalue weighted by molar-refractivity contribution is 9.11. The molecule has 0 aliphatic carbocycles. The van der Waals surface area contributed by atoms with E-state index < -0.39 is 0 Å². The van der Waals surface area contributed by atoms with Crippen LogP contribution >= 0.6 is 27.3 Å². The topological polar surface area (TPSA) is 56.3 Å². The second-order valence-electron chi connectivity index (χ2n) is 4.79. The number of methoxy groups -OCH3 is 1. The van der Waals surface area contributed by atoms with Crippen molar-refractivity contribution in [3.05, 3.63) is 32.7 Å². The lowest BCUT2D eigenvalue weighted by Gasteiger charge is -2.16. The summed E-state index contributed by atoms with van der Waals surface area (Å²) in [6.45, 7) is 1.68. The van der Waals surface area contributed by atoms with Crippen molar-refractivity contribution in [1.29, 1.82) is 0 Å². The average molecular weight is 359 g/mol. The molecule has 20 heavy (non-hydrogen) atoms. The third-order valence-electron chi connectivity index (χ3n) is 3.07. The zero-order valence-electron chi connectivity index (χ0n) is 11.8. The number of rotatable bonds is 6. The minimum absolute atomic E-state index is 0.239. The van der Waals surface area contributed by atoms with Crippen molar-refractivity contribution in [3.63, 3.8) is 0 Å². The predicted molar refractivity (Wildman–Crippen MR) is 85.4 cm³/mol.